The van der Waals surface area contributed by atoms with Gasteiger partial charge in [-0.1, -0.05) is 18.6 Å². The first kappa shape index (κ1) is 14.0. The summed E-state index contributed by atoms with van der Waals surface area (Å²) in [7, 11) is 0. The molecule has 2 rings (SSSR count). The summed E-state index contributed by atoms with van der Waals surface area (Å²) in [4.78, 5) is 12.5. The van der Waals surface area contributed by atoms with Crippen LogP contribution in [0.5, 0.6) is 0 Å². The summed E-state index contributed by atoms with van der Waals surface area (Å²) in [6.07, 6.45) is 2.99. The van der Waals surface area contributed by atoms with E-state index in [9.17, 15) is 15.2 Å². The van der Waals surface area contributed by atoms with Crippen LogP contribution in [-0.2, 0) is 6.54 Å². The van der Waals surface area contributed by atoms with Crippen molar-refractivity contribution < 1.29 is 10.0 Å². The summed E-state index contributed by atoms with van der Waals surface area (Å²) >= 11 is 0. The van der Waals surface area contributed by atoms with E-state index in [0.29, 0.717) is 0 Å². The monoisotopic (exact) mass is 264 g/mol. The molecule has 0 spiro atoms. The number of piperidine rings is 1. The van der Waals surface area contributed by atoms with Crippen LogP contribution in [0, 0.1) is 10.1 Å². The van der Waals surface area contributed by atoms with Gasteiger partial charge in [-0.3, -0.25) is 15.0 Å². The van der Waals surface area contributed by atoms with Crippen LogP contribution in [0.1, 0.15) is 31.7 Å². The van der Waals surface area contributed by atoms with E-state index in [1.54, 1.807) is 12.1 Å². The maximum absolute atomic E-state index is 10.6. The van der Waals surface area contributed by atoms with E-state index in [1.165, 1.54) is 12.1 Å². The summed E-state index contributed by atoms with van der Waals surface area (Å²) in [6.45, 7) is 3.55. The topological polar surface area (TPSA) is 66.6 Å². The highest BCUT2D eigenvalue weighted by atomic mass is 16.6. The van der Waals surface area contributed by atoms with Crippen molar-refractivity contribution in [1.82, 2.24) is 4.90 Å². The van der Waals surface area contributed by atoms with Gasteiger partial charge in [-0.15, -0.1) is 0 Å². The van der Waals surface area contributed by atoms with E-state index in [1.807, 2.05) is 6.92 Å². The van der Waals surface area contributed by atoms with Crippen LogP contribution in [0.4, 0.5) is 5.69 Å². The molecule has 19 heavy (non-hydrogen) atoms. The van der Waals surface area contributed by atoms with Crippen LogP contribution in [0.15, 0.2) is 24.3 Å². The molecule has 0 aromatic heterocycles. The van der Waals surface area contributed by atoms with E-state index in [-0.39, 0.29) is 22.8 Å². The second kappa shape index (κ2) is 6.12. The van der Waals surface area contributed by atoms with E-state index >= 15 is 0 Å². The Bertz CT molecular complexity index is 431. The molecule has 5 nitrogen and oxygen atoms in total. The minimum Gasteiger partial charge on any atom is -0.392 e. The van der Waals surface area contributed by atoms with Crippen molar-refractivity contribution in [3.05, 3.63) is 39.9 Å². The van der Waals surface area contributed by atoms with Gasteiger partial charge in [-0.05, 0) is 31.9 Å². The van der Waals surface area contributed by atoms with Crippen LogP contribution in [-0.4, -0.2) is 33.6 Å². The van der Waals surface area contributed by atoms with Gasteiger partial charge >= 0.3 is 0 Å². The predicted octanol–water partition coefficient (Wildman–Crippen LogP) is 2.33. The summed E-state index contributed by atoms with van der Waals surface area (Å²) in [5.74, 6) is 0. The number of nitrogens with zero attached hydrogens (tertiary/aromatic N) is 2. The Morgan fingerprint density at radius 3 is 2.68 bits per heavy atom. The zero-order valence-electron chi connectivity index (χ0n) is 11.2. The first-order chi connectivity index (χ1) is 9.08. The quantitative estimate of drug-likeness (QED) is 0.669. The Balaban J connectivity index is 2.04. The molecule has 0 radical (unpaired) electrons. The Hall–Kier alpha value is -1.46. The SMILES string of the molecule is C[C@H](O)[C@@H]1CCCCN1Cc1ccc([N+](=O)[O-])cc1. The largest absolute Gasteiger partial charge is 0.392 e. The summed E-state index contributed by atoms with van der Waals surface area (Å²) in [6, 6.07) is 6.87. The van der Waals surface area contributed by atoms with Crippen molar-refractivity contribution in [2.75, 3.05) is 6.54 Å². The molecule has 2 atom stereocenters. The van der Waals surface area contributed by atoms with Gasteiger partial charge < -0.3 is 5.11 Å². The molecule has 0 bridgehead atoms. The van der Waals surface area contributed by atoms with Crippen molar-refractivity contribution in [3.63, 3.8) is 0 Å². The number of benzene rings is 1. The third-order valence-electron chi connectivity index (χ3n) is 3.75. The Kier molecular flexibility index (Phi) is 4.50. The second-order valence-electron chi connectivity index (χ2n) is 5.20. The van der Waals surface area contributed by atoms with Gasteiger partial charge in [-0.25, -0.2) is 0 Å². The standard InChI is InChI=1S/C14H20N2O3/c1-11(17)14-4-2-3-9-15(14)10-12-5-7-13(8-6-12)16(18)19/h5-8,11,14,17H,2-4,9-10H2,1H3/t11-,14-/m0/s1. The molecule has 1 fully saturated rings. The number of hydrogen-bond acceptors (Lipinski definition) is 4. The fraction of sp³-hybridized carbons (Fsp3) is 0.571. The molecule has 1 aliphatic heterocycles. The lowest BCUT2D eigenvalue weighted by atomic mass is 9.97. The molecule has 0 aliphatic carbocycles. The maximum atomic E-state index is 10.6. The number of likely N-dealkylation sites (tertiary alicyclic amines) is 1. The highest BCUT2D eigenvalue weighted by Crippen LogP contribution is 2.22. The maximum Gasteiger partial charge on any atom is 0.269 e. The lowest BCUT2D eigenvalue weighted by Crippen LogP contribution is -2.45. The molecule has 1 heterocycles. The molecule has 1 aromatic carbocycles. The van der Waals surface area contributed by atoms with E-state index < -0.39 is 0 Å². The number of aliphatic hydroxyl groups is 1. The lowest BCUT2D eigenvalue weighted by Gasteiger charge is -2.37. The average Bonchev–Trinajstić information content (AvgIpc) is 2.39. The van der Waals surface area contributed by atoms with Gasteiger partial charge in [0.25, 0.3) is 5.69 Å². The molecule has 1 N–H and O–H groups in total. The van der Waals surface area contributed by atoms with Gasteiger partial charge in [0.2, 0.25) is 0 Å². The summed E-state index contributed by atoms with van der Waals surface area (Å²) in [5, 5.41) is 20.4. The van der Waals surface area contributed by atoms with E-state index in [0.717, 1.165) is 37.9 Å². The summed E-state index contributed by atoms with van der Waals surface area (Å²) in [5.41, 5.74) is 1.17. The van der Waals surface area contributed by atoms with Gasteiger partial charge in [0, 0.05) is 24.7 Å². The fourth-order valence-electron chi connectivity index (χ4n) is 2.72. The number of nitro groups is 1. The molecule has 0 saturated carbocycles. The van der Waals surface area contributed by atoms with Crippen molar-refractivity contribution in [2.45, 2.75) is 44.9 Å². The number of non-ortho nitro benzene ring substituents is 1. The zero-order valence-corrected chi connectivity index (χ0v) is 11.2. The Labute approximate surface area is 113 Å². The van der Waals surface area contributed by atoms with Crippen molar-refractivity contribution >= 4 is 5.69 Å². The van der Waals surface area contributed by atoms with Crippen LogP contribution >= 0.6 is 0 Å². The molecule has 1 aromatic rings. The van der Waals surface area contributed by atoms with Crippen molar-refractivity contribution in [1.29, 1.82) is 0 Å². The van der Waals surface area contributed by atoms with Gasteiger partial charge in [-0.2, -0.15) is 0 Å². The van der Waals surface area contributed by atoms with Crippen molar-refractivity contribution in [2.24, 2.45) is 0 Å². The van der Waals surface area contributed by atoms with E-state index in [4.69, 9.17) is 0 Å². The second-order valence-corrected chi connectivity index (χ2v) is 5.20. The van der Waals surface area contributed by atoms with Crippen LogP contribution in [0.2, 0.25) is 0 Å². The molecular formula is C14H20N2O3. The highest BCUT2D eigenvalue weighted by Gasteiger charge is 2.26. The number of hydrogen-bond donors (Lipinski definition) is 1. The average molecular weight is 264 g/mol. The fourth-order valence-corrected chi connectivity index (χ4v) is 2.72. The Morgan fingerprint density at radius 2 is 2.11 bits per heavy atom. The minimum absolute atomic E-state index is 0.120. The van der Waals surface area contributed by atoms with Crippen molar-refractivity contribution in [3.8, 4) is 0 Å². The third-order valence-corrected chi connectivity index (χ3v) is 3.75. The van der Waals surface area contributed by atoms with E-state index in [2.05, 4.69) is 4.90 Å². The number of aliphatic hydroxyl groups excluding tert-OH is 1. The van der Waals surface area contributed by atoms with Gasteiger partial charge in [0.1, 0.15) is 0 Å². The lowest BCUT2D eigenvalue weighted by molar-refractivity contribution is -0.384. The summed E-state index contributed by atoms with van der Waals surface area (Å²) < 4.78 is 0. The van der Waals surface area contributed by atoms with Crippen LogP contribution in [0.3, 0.4) is 0 Å². The first-order valence-corrected chi connectivity index (χ1v) is 6.73. The molecular weight excluding hydrogens is 244 g/mol. The smallest absolute Gasteiger partial charge is 0.269 e. The molecule has 1 aliphatic rings. The number of nitro benzene ring substituents is 1. The minimum atomic E-state index is -0.386. The molecule has 1 saturated heterocycles. The molecule has 0 amide bonds. The first-order valence-electron chi connectivity index (χ1n) is 6.73. The number of rotatable bonds is 4. The molecule has 0 unspecified atom stereocenters. The van der Waals surface area contributed by atoms with Crippen LogP contribution < -0.4 is 0 Å². The molecule has 5 heteroatoms. The van der Waals surface area contributed by atoms with Gasteiger partial charge in [0.15, 0.2) is 0 Å². The normalized spacial score (nSPS) is 22.1. The van der Waals surface area contributed by atoms with Gasteiger partial charge in [0.05, 0.1) is 11.0 Å². The Morgan fingerprint density at radius 1 is 1.42 bits per heavy atom. The highest BCUT2D eigenvalue weighted by molar-refractivity contribution is 5.32. The van der Waals surface area contributed by atoms with Crippen LogP contribution in [0.25, 0.3) is 0 Å². The molecule has 104 valence electrons. The predicted molar refractivity (Wildman–Crippen MR) is 72.8 cm³/mol. The third kappa shape index (κ3) is 3.52. The zero-order chi connectivity index (χ0) is 13.8.